The molecule has 0 aliphatic carbocycles. The summed E-state index contributed by atoms with van der Waals surface area (Å²) in [6.07, 6.45) is 1.81. The first-order valence-electron chi connectivity index (χ1n) is 9.16. The van der Waals surface area contributed by atoms with Crippen molar-refractivity contribution in [2.45, 2.75) is 32.2 Å². The van der Waals surface area contributed by atoms with Crippen LogP contribution in [0, 0.1) is 0 Å². The van der Waals surface area contributed by atoms with Crippen molar-refractivity contribution in [3.8, 4) is 0 Å². The van der Waals surface area contributed by atoms with E-state index in [-0.39, 0.29) is 24.2 Å². The Morgan fingerprint density at radius 3 is 2.39 bits per heavy atom. The van der Waals surface area contributed by atoms with Gasteiger partial charge in [0.05, 0.1) is 11.3 Å². The van der Waals surface area contributed by atoms with Crippen molar-refractivity contribution in [1.82, 2.24) is 14.6 Å². The Balaban J connectivity index is 1.77. The van der Waals surface area contributed by atoms with Gasteiger partial charge in [0, 0.05) is 36.7 Å². The molecule has 0 spiro atoms. The topological polar surface area (TPSA) is 80.2 Å². The van der Waals surface area contributed by atoms with E-state index in [0.717, 1.165) is 16.5 Å². The summed E-state index contributed by atoms with van der Waals surface area (Å²) in [7, 11) is -1.53. The van der Waals surface area contributed by atoms with Gasteiger partial charge in [-0.1, -0.05) is 42.5 Å². The summed E-state index contributed by atoms with van der Waals surface area (Å²) < 4.78 is 29.0. The molecule has 0 bridgehead atoms. The van der Waals surface area contributed by atoms with Crippen LogP contribution >= 0.6 is 0 Å². The Hall–Kier alpha value is -2.64. The minimum atomic E-state index is -3.44. The summed E-state index contributed by atoms with van der Waals surface area (Å²) in [6, 6.07) is 14.8. The molecule has 0 aliphatic rings. The van der Waals surface area contributed by atoms with Crippen LogP contribution in [0.25, 0.3) is 10.9 Å². The lowest BCUT2D eigenvalue weighted by Gasteiger charge is -2.13. The number of nitrogens with zero attached hydrogens (tertiary/aromatic N) is 1. The van der Waals surface area contributed by atoms with Gasteiger partial charge in [-0.25, -0.2) is 13.1 Å². The summed E-state index contributed by atoms with van der Waals surface area (Å²) in [5.41, 5.74) is 3.04. The molecule has 0 atom stereocenters. The third-order valence-corrected chi connectivity index (χ3v) is 5.98. The molecule has 28 heavy (non-hydrogen) atoms. The van der Waals surface area contributed by atoms with Crippen molar-refractivity contribution >= 4 is 26.8 Å². The fourth-order valence-corrected chi connectivity index (χ4v) is 4.76. The van der Waals surface area contributed by atoms with Crippen LogP contribution in [0.2, 0.25) is 0 Å². The predicted molar refractivity (Wildman–Crippen MR) is 111 cm³/mol. The lowest BCUT2D eigenvalue weighted by atomic mass is 10.1. The highest BCUT2D eigenvalue weighted by atomic mass is 32.2. The second-order valence-electron chi connectivity index (χ2n) is 7.15. The zero-order chi connectivity index (χ0) is 20.3. The van der Waals surface area contributed by atoms with Gasteiger partial charge >= 0.3 is 0 Å². The SMILES string of the molecule is CC(C)NS(=O)(=O)Cc1ccccc1CNC(=O)c1cn(C)c2ccccc12. The molecule has 1 heterocycles. The van der Waals surface area contributed by atoms with Crippen LogP contribution in [-0.4, -0.2) is 24.9 Å². The second kappa shape index (κ2) is 8.16. The number of hydrogen-bond donors (Lipinski definition) is 2. The Morgan fingerprint density at radius 1 is 1.04 bits per heavy atom. The molecular weight excluding hydrogens is 374 g/mol. The molecule has 3 aromatic rings. The summed E-state index contributed by atoms with van der Waals surface area (Å²) in [5.74, 6) is -0.305. The zero-order valence-electron chi connectivity index (χ0n) is 16.3. The van der Waals surface area contributed by atoms with E-state index in [1.54, 1.807) is 26.0 Å². The van der Waals surface area contributed by atoms with Gasteiger partial charge in [-0.3, -0.25) is 4.79 Å². The van der Waals surface area contributed by atoms with E-state index < -0.39 is 10.0 Å². The normalized spacial score (nSPS) is 11.9. The largest absolute Gasteiger partial charge is 0.350 e. The van der Waals surface area contributed by atoms with Crippen molar-refractivity contribution in [1.29, 1.82) is 0 Å². The summed E-state index contributed by atoms with van der Waals surface area (Å²) >= 11 is 0. The maximum absolute atomic E-state index is 12.7. The number of carbonyl (C=O) groups excluding carboxylic acids is 1. The average Bonchev–Trinajstić information content (AvgIpc) is 2.96. The molecule has 2 aromatic carbocycles. The number of fused-ring (bicyclic) bond motifs is 1. The van der Waals surface area contributed by atoms with E-state index in [1.807, 2.05) is 54.2 Å². The molecule has 0 fully saturated rings. The molecule has 0 aliphatic heterocycles. The highest BCUT2D eigenvalue weighted by Gasteiger charge is 2.17. The number of amides is 1. The molecule has 2 N–H and O–H groups in total. The fraction of sp³-hybridized carbons (Fsp3) is 0.286. The van der Waals surface area contributed by atoms with E-state index in [1.165, 1.54) is 0 Å². The first-order chi connectivity index (χ1) is 13.3. The maximum atomic E-state index is 12.7. The molecule has 7 heteroatoms. The van der Waals surface area contributed by atoms with Gasteiger partial charge in [0.15, 0.2) is 0 Å². The van der Waals surface area contributed by atoms with Crippen molar-refractivity contribution in [3.05, 3.63) is 71.4 Å². The number of aryl methyl sites for hydroxylation is 1. The minimum absolute atomic E-state index is 0.120. The number of carbonyl (C=O) groups is 1. The van der Waals surface area contributed by atoms with Crippen LogP contribution in [0.1, 0.15) is 35.3 Å². The van der Waals surface area contributed by atoms with Crippen LogP contribution in [-0.2, 0) is 29.4 Å². The smallest absolute Gasteiger partial charge is 0.253 e. The fourth-order valence-electron chi connectivity index (χ4n) is 3.27. The molecule has 1 aromatic heterocycles. The van der Waals surface area contributed by atoms with Gasteiger partial charge < -0.3 is 9.88 Å². The zero-order valence-corrected chi connectivity index (χ0v) is 17.1. The maximum Gasteiger partial charge on any atom is 0.253 e. The third-order valence-electron chi connectivity index (χ3n) is 4.46. The van der Waals surface area contributed by atoms with E-state index in [0.29, 0.717) is 11.1 Å². The monoisotopic (exact) mass is 399 g/mol. The van der Waals surface area contributed by atoms with Gasteiger partial charge in [-0.05, 0) is 31.0 Å². The lowest BCUT2D eigenvalue weighted by molar-refractivity contribution is 0.0952. The standard InChI is InChI=1S/C21H25N3O3S/c1-15(2)23-28(26,27)14-17-9-5-4-8-16(17)12-22-21(25)19-13-24(3)20-11-7-6-10-18(19)20/h4-11,13,15,23H,12,14H2,1-3H3,(H,22,25). The molecular formula is C21H25N3O3S. The quantitative estimate of drug-likeness (QED) is 0.641. The van der Waals surface area contributed by atoms with E-state index in [9.17, 15) is 13.2 Å². The van der Waals surface area contributed by atoms with Crippen LogP contribution in [0.4, 0.5) is 0 Å². The van der Waals surface area contributed by atoms with E-state index in [2.05, 4.69) is 10.0 Å². The molecule has 0 saturated carbocycles. The number of nitrogens with one attached hydrogen (secondary N) is 2. The summed E-state index contributed by atoms with van der Waals surface area (Å²) in [5, 5.41) is 3.81. The van der Waals surface area contributed by atoms with Crippen molar-refractivity contribution in [2.75, 3.05) is 0 Å². The number of para-hydroxylation sites is 1. The second-order valence-corrected chi connectivity index (χ2v) is 8.91. The average molecular weight is 400 g/mol. The molecule has 0 unspecified atom stereocenters. The van der Waals surface area contributed by atoms with Crippen molar-refractivity contribution in [3.63, 3.8) is 0 Å². The van der Waals surface area contributed by atoms with Gasteiger partial charge in [-0.2, -0.15) is 0 Å². The van der Waals surface area contributed by atoms with Gasteiger partial charge in [0.2, 0.25) is 10.0 Å². The highest BCUT2D eigenvalue weighted by Crippen LogP contribution is 2.20. The van der Waals surface area contributed by atoms with Crippen molar-refractivity contribution < 1.29 is 13.2 Å². The molecule has 0 saturated heterocycles. The summed E-state index contributed by atoms with van der Waals surface area (Å²) in [4.78, 5) is 12.7. The van der Waals surface area contributed by atoms with Crippen LogP contribution in [0.15, 0.2) is 54.7 Å². The van der Waals surface area contributed by atoms with Crippen LogP contribution in [0.5, 0.6) is 0 Å². The molecule has 3 rings (SSSR count). The number of aromatic nitrogens is 1. The van der Waals surface area contributed by atoms with Crippen LogP contribution < -0.4 is 10.0 Å². The molecule has 0 radical (unpaired) electrons. The van der Waals surface area contributed by atoms with E-state index in [4.69, 9.17) is 0 Å². The lowest BCUT2D eigenvalue weighted by Crippen LogP contribution is -2.31. The molecule has 6 nitrogen and oxygen atoms in total. The van der Waals surface area contributed by atoms with Gasteiger partial charge in [0.1, 0.15) is 0 Å². The molecule has 148 valence electrons. The number of hydrogen-bond acceptors (Lipinski definition) is 3. The predicted octanol–water partition coefficient (Wildman–Crippen LogP) is 2.94. The Morgan fingerprint density at radius 2 is 1.68 bits per heavy atom. The Bertz CT molecular complexity index is 1100. The molecule has 1 amide bonds. The Kier molecular flexibility index (Phi) is 5.86. The van der Waals surface area contributed by atoms with Gasteiger partial charge in [0.25, 0.3) is 5.91 Å². The highest BCUT2D eigenvalue weighted by molar-refractivity contribution is 7.88. The number of sulfonamides is 1. The Labute approximate surface area is 165 Å². The first-order valence-corrected chi connectivity index (χ1v) is 10.8. The minimum Gasteiger partial charge on any atom is -0.350 e. The van der Waals surface area contributed by atoms with Crippen LogP contribution in [0.3, 0.4) is 0 Å². The van der Waals surface area contributed by atoms with Gasteiger partial charge in [-0.15, -0.1) is 0 Å². The summed E-state index contributed by atoms with van der Waals surface area (Å²) in [6.45, 7) is 3.83. The number of rotatable bonds is 7. The van der Waals surface area contributed by atoms with Crippen molar-refractivity contribution in [2.24, 2.45) is 7.05 Å². The third kappa shape index (κ3) is 4.61. The first kappa shape index (κ1) is 20.1. The van der Waals surface area contributed by atoms with E-state index >= 15 is 0 Å². The number of benzene rings is 2.